The van der Waals surface area contributed by atoms with Gasteiger partial charge in [0.15, 0.2) is 0 Å². The van der Waals surface area contributed by atoms with Gasteiger partial charge in [0.25, 0.3) is 0 Å². The summed E-state index contributed by atoms with van der Waals surface area (Å²) in [6, 6.07) is 4.87. The topological polar surface area (TPSA) is 32.7 Å². The summed E-state index contributed by atoms with van der Waals surface area (Å²) in [6.07, 6.45) is 2.94. The average Bonchev–Trinajstić information content (AvgIpc) is 2.91. The van der Waals surface area contributed by atoms with Crippen LogP contribution in [-0.4, -0.2) is 42.9 Å². The molecule has 1 saturated heterocycles. The highest BCUT2D eigenvalue weighted by Gasteiger charge is 2.17. The Kier molecular flexibility index (Phi) is 6.19. The zero-order chi connectivity index (χ0) is 15.1. The molecule has 0 amide bonds. The second-order valence-corrected chi connectivity index (χ2v) is 5.46. The minimum absolute atomic E-state index is 0.0271. The van der Waals surface area contributed by atoms with Crippen LogP contribution in [0.1, 0.15) is 30.4 Å². The minimum Gasteiger partial charge on any atom is -0.395 e. The first kappa shape index (κ1) is 16.0. The molecule has 2 rings (SSSR count). The second-order valence-electron chi connectivity index (χ2n) is 5.46. The Labute approximate surface area is 125 Å². The van der Waals surface area contributed by atoms with E-state index in [1.54, 1.807) is 6.07 Å². The van der Waals surface area contributed by atoms with E-state index in [2.05, 4.69) is 16.7 Å². The predicted molar refractivity (Wildman–Crippen MR) is 80.3 cm³/mol. The zero-order valence-corrected chi connectivity index (χ0v) is 12.4. The van der Waals surface area contributed by atoms with E-state index in [1.165, 1.54) is 6.07 Å². The monoisotopic (exact) mass is 291 g/mol. The second kappa shape index (κ2) is 8.14. The molecule has 1 aromatic carbocycles. The molecule has 0 radical (unpaired) electrons. The van der Waals surface area contributed by atoms with Crippen LogP contribution >= 0.6 is 0 Å². The van der Waals surface area contributed by atoms with Crippen molar-refractivity contribution in [3.8, 4) is 11.8 Å². The third-order valence-corrected chi connectivity index (χ3v) is 3.42. The normalized spacial score (nSPS) is 17.8. The maximum atomic E-state index is 13.6. The molecular formula is C17H22FNO2. The number of likely N-dealkylation sites (N-methyl/N-ethyl adjacent to an activating group) is 1. The van der Waals surface area contributed by atoms with Crippen LogP contribution in [0.25, 0.3) is 0 Å². The lowest BCUT2D eigenvalue weighted by atomic mass is 10.1. The van der Waals surface area contributed by atoms with Crippen LogP contribution in [0.2, 0.25) is 0 Å². The Morgan fingerprint density at radius 3 is 3.00 bits per heavy atom. The molecule has 1 aliphatic rings. The van der Waals surface area contributed by atoms with Crippen molar-refractivity contribution in [2.75, 3.05) is 26.8 Å². The van der Waals surface area contributed by atoms with Crippen LogP contribution in [0.15, 0.2) is 18.2 Å². The van der Waals surface area contributed by atoms with E-state index >= 15 is 0 Å². The number of benzene rings is 1. The van der Waals surface area contributed by atoms with E-state index in [9.17, 15) is 4.39 Å². The Hall–Kier alpha value is -1.41. The molecule has 3 nitrogen and oxygen atoms in total. The number of aliphatic hydroxyl groups is 1. The van der Waals surface area contributed by atoms with Crippen LogP contribution in [-0.2, 0) is 11.3 Å². The van der Waals surface area contributed by atoms with Crippen LogP contribution in [0.5, 0.6) is 0 Å². The fourth-order valence-electron chi connectivity index (χ4n) is 2.55. The van der Waals surface area contributed by atoms with Gasteiger partial charge >= 0.3 is 0 Å². The highest BCUT2D eigenvalue weighted by Crippen LogP contribution is 2.15. The summed E-state index contributed by atoms with van der Waals surface area (Å²) >= 11 is 0. The maximum Gasteiger partial charge on any atom is 0.124 e. The number of aliphatic hydroxyl groups excluding tert-OH is 1. The van der Waals surface area contributed by atoms with Crippen LogP contribution in [0.3, 0.4) is 0 Å². The van der Waals surface area contributed by atoms with Gasteiger partial charge in [0.1, 0.15) is 5.82 Å². The van der Waals surface area contributed by atoms with Crippen molar-refractivity contribution in [3.63, 3.8) is 0 Å². The van der Waals surface area contributed by atoms with Gasteiger partial charge < -0.3 is 9.84 Å². The first-order valence-electron chi connectivity index (χ1n) is 7.36. The molecule has 1 N–H and O–H groups in total. The standard InChI is InChI=1S/C17H22FNO2/c1-19(13-17-6-4-8-21-17)12-15-9-14(5-2-3-7-20)10-16(18)11-15/h9-11,17,20H,3-4,6-8,12-13H2,1H3. The van der Waals surface area contributed by atoms with Gasteiger partial charge in [0.05, 0.1) is 12.7 Å². The molecule has 0 saturated carbocycles. The molecule has 1 atom stereocenters. The number of nitrogens with zero attached hydrogens (tertiary/aromatic N) is 1. The number of halogens is 1. The first-order chi connectivity index (χ1) is 10.2. The smallest absolute Gasteiger partial charge is 0.124 e. The molecule has 21 heavy (non-hydrogen) atoms. The Bertz CT molecular complexity index is 515. The molecule has 1 aromatic rings. The highest BCUT2D eigenvalue weighted by molar-refractivity contribution is 5.37. The molecule has 0 aromatic heterocycles. The van der Waals surface area contributed by atoms with Gasteiger partial charge in [-0.25, -0.2) is 4.39 Å². The lowest BCUT2D eigenvalue weighted by Gasteiger charge is -2.20. The summed E-state index contributed by atoms with van der Waals surface area (Å²) in [4.78, 5) is 2.15. The fourth-order valence-corrected chi connectivity index (χ4v) is 2.55. The Balaban J connectivity index is 1.97. The Morgan fingerprint density at radius 2 is 2.29 bits per heavy atom. The van der Waals surface area contributed by atoms with Crippen molar-refractivity contribution in [2.45, 2.75) is 31.9 Å². The van der Waals surface area contributed by atoms with Crippen molar-refractivity contribution in [1.29, 1.82) is 0 Å². The van der Waals surface area contributed by atoms with Crippen molar-refractivity contribution in [3.05, 3.63) is 35.1 Å². The van der Waals surface area contributed by atoms with Crippen molar-refractivity contribution in [1.82, 2.24) is 4.90 Å². The van der Waals surface area contributed by atoms with Gasteiger partial charge in [-0.2, -0.15) is 0 Å². The SMILES string of the molecule is CN(Cc1cc(F)cc(C#CCCO)c1)CC1CCCO1. The van der Waals surface area contributed by atoms with Gasteiger partial charge in [0.2, 0.25) is 0 Å². The van der Waals surface area contributed by atoms with Gasteiger partial charge in [-0.1, -0.05) is 11.8 Å². The first-order valence-corrected chi connectivity index (χ1v) is 7.36. The van der Waals surface area contributed by atoms with Gasteiger partial charge in [-0.15, -0.1) is 0 Å². The third kappa shape index (κ3) is 5.47. The average molecular weight is 291 g/mol. The molecule has 1 unspecified atom stereocenters. The summed E-state index contributed by atoms with van der Waals surface area (Å²) in [5.74, 6) is 5.43. The zero-order valence-electron chi connectivity index (χ0n) is 12.4. The molecule has 1 fully saturated rings. The molecule has 1 heterocycles. The van der Waals surface area contributed by atoms with Crippen LogP contribution in [0, 0.1) is 17.7 Å². The molecule has 4 heteroatoms. The summed E-state index contributed by atoms with van der Waals surface area (Å²) in [7, 11) is 2.02. The van der Waals surface area contributed by atoms with Crippen LogP contribution in [0.4, 0.5) is 4.39 Å². The predicted octanol–water partition coefficient (Wildman–Crippen LogP) is 2.17. The molecule has 0 spiro atoms. The van der Waals surface area contributed by atoms with Crippen molar-refractivity contribution in [2.24, 2.45) is 0 Å². The van der Waals surface area contributed by atoms with E-state index in [-0.39, 0.29) is 12.4 Å². The van der Waals surface area contributed by atoms with Crippen LogP contribution < -0.4 is 0 Å². The van der Waals surface area contributed by atoms with Gasteiger partial charge in [0, 0.05) is 31.7 Å². The summed E-state index contributed by atoms with van der Waals surface area (Å²) in [5, 5.41) is 8.71. The highest BCUT2D eigenvalue weighted by atomic mass is 19.1. The third-order valence-electron chi connectivity index (χ3n) is 3.42. The van der Waals surface area contributed by atoms with Crippen molar-refractivity contribution >= 4 is 0 Å². The Morgan fingerprint density at radius 1 is 1.43 bits per heavy atom. The fraction of sp³-hybridized carbons (Fsp3) is 0.529. The van der Waals surface area contributed by atoms with E-state index in [1.807, 2.05) is 13.1 Å². The lowest BCUT2D eigenvalue weighted by molar-refractivity contribution is 0.0793. The largest absolute Gasteiger partial charge is 0.395 e. The minimum atomic E-state index is -0.272. The lowest BCUT2D eigenvalue weighted by Crippen LogP contribution is -2.28. The molecule has 1 aliphatic heterocycles. The molecular weight excluding hydrogens is 269 g/mol. The molecule has 0 bridgehead atoms. The summed E-state index contributed by atoms with van der Waals surface area (Å²) in [5.41, 5.74) is 1.56. The number of hydrogen-bond acceptors (Lipinski definition) is 3. The summed E-state index contributed by atoms with van der Waals surface area (Å²) < 4.78 is 19.2. The van der Waals surface area contributed by atoms with Crippen molar-refractivity contribution < 1.29 is 14.2 Å². The van der Waals surface area contributed by atoms with E-state index in [4.69, 9.17) is 9.84 Å². The van der Waals surface area contributed by atoms with E-state index < -0.39 is 0 Å². The molecule has 114 valence electrons. The number of rotatable bonds is 5. The van der Waals surface area contributed by atoms with E-state index in [0.29, 0.717) is 24.6 Å². The number of hydrogen-bond donors (Lipinski definition) is 1. The molecule has 0 aliphatic carbocycles. The summed E-state index contributed by atoms with van der Waals surface area (Å²) in [6.45, 7) is 2.41. The van der Waals surface area contributed by atoms with Gasteiger partial charge in [-0.05, 0) is 43.7 Å². The maximum absolute atomic E-state index is 13.6. The van der Waals surface area contributed by atoms with Gasteiger partial charge in [-0.3, -0.25) is 4.90 Å². The van der Waals surface area contributed by atoms with E-state index in [0.717, 1.165) is 31.6 Å². The quantitative estimate of drug-likeness (QED) is 0.844. The number of ether oxygens (including phenoxy) is 1.